The van der Waals surface area contributed by atoms with E-state index >= 15 is 0 Å². The molecular weight excluding hydrogens is 336 g/mol. The smallest absolute Gasteiger partial charge is 0.333 e. The molecule has 6 nitrogen and oxygen atoms in total. The number of hydrogen-bond acceptors (Lipinski definition) is 6. The van der Waals surface area contributed by atoms with Crippen LogP contribution in [0.1, 0.15) is 39.0 Å². The highest BCUT2D eigenvalue weighted by molar-refractivity contribution is 5.88. The summed E-state index contributed by atoms with van der Waals surface area (Å²) in [7, 11) is 0. The van der Waals surface area contributed by atoms with Crippen molar-refractivity contribution < 1.29 is 23.8 Å². The predicted octanol–water partition coefficient (Wildman–Crippen LogP) is 3.40. The molecule has 26 heavy (non-hydrogen) atoms. The molecular formula is C20H22O6. The largest absolute Gasteiger partial charge is 0.507 e. The normalized spacial score (nSPS) is 19.0. The van der Waals surface area contributed by atoms with Gasteiger partial charge in [-0.25, -0.2) is 4.79 Å². The molecule has 1 aliphatic heterocycles. The zero-order valence-electron chi connectivity index (χ0n) is 15.5. The standard InChI is InChI=1S/C20H22O6/c1-6-10(2)19(23)25-16-8-12-14(26-20(16,4)5)9-15-17(18(12)22)13(21)7-11(3)24-15/h6-7,9,16,22H,8H2,1-5H3/t16-/m0/s1. The Hall–Kier alpha value is -2.76. The SMILES string of the molecule is CC=C(C)C(=O)O[C@H]1Cc2c(cc3oc(C)cc(=O)c3c2O)OC1(C)C. The molecule has 0 fully saturated rings. The highest BCUT2D eigenvalue weighted by atomic mass is 16.6. The minimum absolute atomic E-state index is 0.104. The average molecular weight is 358 g/mol. The van der Waals surface area contributed by atoms with Crippen molar-refractivity contribution in [3.8, 4) is 11.5 Å². The van der Waals surface area contributed by atoms with Gasteiger partial charge in [0.15, 0.2) is 5.43 Å². The second-order valence-electron chi connectivity index (χ2n) is 7.07. The maximum atomic E-state index is 12.3. The first kappa shape index (κ1) is 18.0. The number of allylic oxidation sites excluding steroid dienone is 1. The summed E-state index contributed by atoms with van der Waals surface area (Å²) in [5.41, 5.74) is 0.0600. The van der Waals surface area contributed by atoms with E-state index < -0.39 is 17.7 Å². The van der Waals surface area contributed by atoms with Gasteiger partial charge in [0.1, 0.15) is 39.9 Å². The monoisotopic (exact) mass is 358 g/mol. The third kappa shape index (κ3) is 2.96. The lowest BCUT2D eigenvalue weighted by molar-refractivity contribution is -0.156. The van der Waals surface area contributed by atoms with Gasteiger partial charge in [0, 0.05) is 29.7 Å². The lowest BCUT2D eigenvalue weighted by Gasteiger charge is -2.39. The summed E-state index contributed by atoms with van der Waals surface area (Å²) in [6.07, 6.45) is 1.30. The fourth-order valence-corrected chi connectivity index (χ4v) is 3.03. The minimum atomic E-state index is -0.805. The summed E-state index contributed by atoms with van der Waals surface area (Å²) in [5.74, 6) is 0.243. The molecule has 1 atom stereocenters. The summed E-state index contributed by atoms with van der Waals surface area (Å²) in [6.45, 7) is 8.72. The second kappa shape index (κ2) is 6.20. The maximum Gasteiger partial charge on any atom is 0.333 e. The molecule has 1 aliphatic rings. The Labute approximate surface area is 151 Å². The number of carbonyl (C=O) groups is 1. The number of benzene rings is 1. The van der Waals surface area contributed by atoms with Crippen LogP contribution >= 0.6 is 0 Å². The number of rotatable bonds is 2. The highest BCUT2D eigenvalue weighted by Gasteiger charge is 2.41. The molecule has 0 radical (unpaired) electrons. The van der Waals surface area contributed by atoms with E-state index in [1.807, 2.05) is 13.8 Å². The van der Waals surface area contributed by atoms with Crippen molar-refractivity contribution in [2.45, 2.75) is 52.7 Å². The third-order valence-corrected chi connectivity index (χ3v) is 4.72. The molecule has 1 aromatic carbocycles. The first-order valence-corrected chi connectivity index (χ1v) is 8.46. The molecule has 0 unspecified atom stereocenters. The van der Waals surface area contributed by atoms with E-state index in [1.165, 1.54) is 6.07 Å². The molecule has 0 aliphatic carbocycles. The van der Waals surface area contributed by atoms with Crippen molar-refractivity contribution >= 4 is 16.9 Å². The van der Waals surface area contributed by atoms with Crippen LogP contribution in [0.15, 0.2) is 33.0 Å². The molecule has 0 bridgehead atoms. The molecule has 1 aromatic heterocycles. The van der Waals surface area contributed by atoms with Crippen molar-refractivity contribution in [3.05, 3.63) is 45.3 Å². The van der Waals surface area contributed by atoms with Crippen LogP contribution in [0.3, 0.4) is 0 Å². The Morgan fingerprint density at radius 1 is 1.38 bits per heavy atom. The highest BCUT2D eigenvalue weighted by Crippen LogP contribution is 2.42. The molecule has 6 heteroatoms. The van der Waals surface area contributed by atoms with Crippen molar-refractivity contribution in [2.24, 2.45) is 0 Å². The summed E-state index contributed by atoms with van der Waals surface area (Å²) in [5, 5.41) is 10.8. The van der Waals surface area contributed by atoms with Crippen LogP contribution in [-0.2, 0) is 16.0 Å². The number of phenols is 1. The van der Waals surface area contributed by atoms with Crippen LogP contribution in [0.5, 0.6) is 11.5 Å². The Morgan fingerprint density at radius 3 is 2.73 bits per heavy atom. The second-order valence-corrected chi connectivity index (χ2v) is 7.07. The summed E-state index contributed by atoms with van der Waals surface area (Å²) in [6, 6.07) is 2.94. The van der Waals surface area contributed by atoms with Gasteiger partial charge in [-0.05, 0) is 34.6 Å². The number of aryl methyl sites for hydroxylation is 1. The molecule has 3 rings (SSSR count). The Balaban J connectivity index is 2.09. The van der Waals surface area contributed by atoms with E-state index in [0.29, 0.717) is 22.6 Å². The van der Waals surface area contributed by atoms with Crippen LogP contribution in [0.25, 0.3) is 11.0 Å². The third-order valence-electron chi connectivity index (χ3n) is 4.72. The summed E-state index contributed by atoms with van der Waals surface area (Å²) >= 11 is 0. The number of aromatic hydroxyl groups is 1. The predicted molar refractivity (Wildman–Crippen MR) is 96.6 cm³/mol. The quantitative estimate of drug-likeness (QED) is 0.654. The number of ether oxygens (including phenoxy) is 2. The van der Waals surface area contributed by atoms with Crippen molar-refractivity contribution in [2.75, 3.05) is 0 Å². The lowest BCUT2D eigenvalue weighted by Crippen LogP contribution is -2.49. The minimum Gasteiger partial charge on any atom is -0.507 e. The Morgan fingerprint density at radius 2 is 2.08 bits per heavy atom. The van der Waals surface area contributed by atoms with Gasteiger partial charge in [-0.3, -0.25) is 4.79 Å². The van der Waals surface area contributed by atoms with Gasteiger partial charge >= 0.3 is 5.97 Å². The topological polar surface area (TPSA) is 86.0 Å². The van der Waals surface area contributed by atoms with Crippen molar-refractivity contribution in [1.29, 1.82) is 0 Å². The van der Waals surface area contributed by atoms with Crippen molar-refractivity contribution in [3.63, 3.8) is 0 Å². The van der Waals surface area contributed by atoms with Crippen molar-refractivity contribution in [1.82, 2.24) is 0 Å². The van der Waals surface area contributed by atoms with E-state index in [2.05, 4.69) is 0 Å². The van der Waals surface area contributed by atoms with Gasteiger partial charge in [0.2, 0.25) is 0 Å². The zero-order valence-corrected chi connectivity index (χ0v) is 15.5. The van der Waals surface area contributed by atoms with E-state index in [9.17, 15) is 14.7 Å². The van der Waals surface area contributed by atoms with Crippen LogP contribution in [-0.4, -0.2) is 22.8 Å². The lowest BCUT2D eigenvalue weighted by atomic mass is 9.89. The Bertz CT molecular complexity index is 980. The van der Waals surface area contributed by atoms with Crippen LogP contribution in [0.4, 0.5) is 0 Å². The number of hydrogen-bond donors (Lipinski definition) is 1. The first-order chi connectivity index (χ1) is 12.1. The fraction of sp³-hybridized carbons (Fsp3) is 0.400. The van der Waals surface area contributed by atoms with Gasteiger partial charge in [0.25, 0.3) is 0 Å². The zero-order chi connectivity index (χ0) is 19.2. The number of esters is 1. The van der Waals surface area contributed by atoms with Gasteiger partial charge in [-0.2, -0.15) is 0 Å². The molecule has 0 saturated heterocycles. The summed E-state index contributed by atoms with van der Waals surface area (Å²) in [4.78, 5) is 24.4. The molecule has 1 N–H and O–H groups in total. The van der Waals surface area contributed by atoms with E-state index in [0.717, 1.165) is 0 Å². The molecule has 138 valence electrons. The number of fused-ring (bicyclic) bond motifs is 2. The summed E-state index contributed by atoms with van der Waals surface area (Å²) < 4.78 is 17.1. The molecule has 2 heterocycles. The number of carbonyl (C=O) groups excluding carboxylic acids is 1. The van der Waals surface area contributed by atoms with E-state index in [1.54, 1.807) is 32.9 Å². The average Bonchev–Trinajstić information content (AvgIpc) is 2.54. The van der Waals surface area contributed by atoms with E-state index in [4.69, 9.17) is 13.9 Å². The molecule has 2 aromatic rings. The molecule has 0 saturated carbocycles. The number of phenolic OH excluding ortho intramolecular Hbond substituents is 1. The molecule has 0 spiro atoms. The molecule has 0 amide bonds. The van der Waals surface area contributed by atoms with Crippen LogP contribution in [0, 0.1) is 6.92 Å². The van der Waals surface area contributed by atoms with Gasteiger partial charge in [-0.1, -0.05) is 6.08 Å². The first-order valence-electron chi connectivity index (χ1n) is 8.46. The van der Waals surface area contributed by atoms with Gasteiger partial charge < -0.3 is 19.0 Å². The Kier molecular flexibility index (Phi) is 4.30. The van der Waals surface area contributed by atoms with Crippen LogP contribution < -0.4 is 10.2 Å². The van der Waals surface area contributed by atoms with Crippen LogP contribution in [0.2, 0.25) is 0 Å². The van der Waals surface area contributed by atoms with E-state index in [-0.39, 0.29) is 28.6 Å². The van der Waals surface area contributed by atoms with Gasteiger partial charge in [-0.15, -0.1) is 0 Å². The maximum absolute atomic E-state index is 12.3. The van der Waals surface area contributed by atoms with Gasteiger partial charge in [0.05, 0.1) is 0 Å². The fourth-order valence-electron chi connectivity index (χ4n) is 3.03.